The Bertz CT molecular complexity index is 964. The molecule has 0 amide bonds. The number of methoxy groups -OCH3 is 1. The third-order valence-electron chi connectivity index (χ3n) is 5.48. The highest BCUT2D eigenvalue weighted by molar-refractivity contribution is 5.62. The molecule has 1 unspecified atom stereocenters. The van der Waals surface area contributed by atoms with Crippen LogP contribution in [0.4, 0.5) is 11.6 Å². The van der Waals surface area contributed by atoms with Gasteiger partial charge in [-0.1, -0.05) is 32.0 Å². The summed E-state index contributed by atoms with van der Waals surface area (Å²) in [4.78, 5) is 13.1. The Hall–Kier alpha value is -3.19. The number of rotatable bonds is 10. The van der Waals surface area contributed by atoms with E-state index in [1.165, 1.54) is 5.56 Å². The van der Waals surface area contributed by atoms with E-state index in [0.717, 1.165) is 35.2 Å². The number of anilines is 2. The standard InChI is InChI=1S/C24H31N5O2/c1-16(18(3)20-7-5-6-8-22(20)31-4)12-25-24-11-21(27-15-28-24)19-9-10-23(26-13-19)29-17(2)14-30/h5-11,13,15-18,30H,12,14H2,1-4H3,(H,26,29)(H,25,27,28)/t16?,17-,18+/m0/s1. The van der Waals surface area contributed by atoms with Gasteiger partial charge in [-0.15, -0.1) is 0 Å². The van der Waals surface area contributed by atoms with Gasteiger partial charge in [-0.25, -0.2) is 15.0 Å². The topological polar surface area (TPSA) is 92.2 Å². The molecule has 2 heterocycles. The summed E-state index contributed by atoms with van der Waals surface area (Å²) in [6.07, 6.45) is 3.33. The highest BCUT2D eigenvalue weighted by Crippen LogP contribution is 2.31. The van der Waals surface area contributed by atoms with Crippen LogP contribution in [-0.2, 0) is 0 Å². The van der Waals surface area contributed by atoms with Crippen molar-refractivity contribution in [3.63, 3.8) is 0 Å². The lowest BCUT2D eigenvalue weighted by Gasteiger charge is -2.23. The zero-order chi connectivity index (χ0) is 22.2. The smallest absolute Gasteiger partial charge is 0.129 e. The second kappa shape index (κ2) is 10.7. The van der Waals surface area contributed by atoms with Gasteiger partial charge in [0, 0.05) is 30.4 Å². The van der Waals surface area contributed by atoms with Crippen LogP contribution in [0.1, 0.15) is 32.3 Å². The monoisotopic (exact) mass is 421 g/mol. The lowest BCUT2D eigenvalue weighted by molar-refractivity contribution is 0.281. The molecule has 7 heteroatoms. The summed E-state index contributed by atoms with van der Waals surface area (Å²) in [5.41, 5.74) is 2.92. The van der Waals surface area contributed by atoms with Crippen LogP contribution in [0.3, 0.4) is 0 Å². The Balaban J connectivity index is 1.64. The van der Waals surface area contributed by atoms with E-state index >= 15 is 0 Å². The molecule has 2 aromatic heterocycles. The molecule has 3 N–H and O–H groups in total. The fourth-order valence-corrected chi connectivity index (χ4v) is 3.33. The molecule has 0 spiro atoms. The minimum atomic E-state index is -0.0477. The minimum Gasteiger partial charge on any atom is -0.496 e. The van der Waals surface area contributed by atoms with Crippen molar-refractivity contribution >= 4 is 11.6 Å². The first-order valence-electron chi connectivity index (χ1n) is 10.5. The van der Waals surface area contributed by atoms with Crippen LogP contribution < -0.4 is 15.4 Å². The number of nitrogens with one attached hydrogen (secondary N) is 2. The molecule has 0 bridgehead atoms. The van der Waals surface area contributed by atoms with Crippen molar-refractivity contribution in [1.82, 2.24) is 15.0 Å². The van der Waals surface area contributed by atoms with E-state index in [4.69, 9.17) is 9.84 Å². The normalized spacial score (nSPS) is 13.8. The number of hydrogen-bond acceptors (Lipinski definition) is 7. The van der Waals surface area contributed by atoms with Crippen LogP contribution in [0.5, 0.6) is 5.75 Å². The summed E-state index contributed by atoms with van der Waals surface area (Å²) in [5, 5.41) is 15.7. The van der Waals surface area contributed by atoms with E-state index in [0.29, 0.717) is 11.8 Å². The molecule has 0 aliphatic rings. The van der Waals surface area contributed by atoms with Crippen LogP contribution in [0.15, 0.2) is 55.0 Å². The summed E-state index contributed by atoms with van der Waals surface area (Å²) in [7, 11) is 1.71. The van der Waals surface area contributed by atoms with Crippen molar-refractivity contribution in [2.45, 2.75) is 32.7 Å². The number of aliphatic hydroxyl groups is 1. The predicted molar refractivity (Wildman–Crippen MR) is 124 cm³/mol. The Morgan fingerprint density at radius 3 is 2.52 bits per heavy atom. The van der Waals surface area contributed by atoms with Gasteiger partial charge in [0.2, 0.25) is 0 Å². The Morgan fingerprint density at radius 2 is 1.81 bits per heavy atom. The molecule has 0 aliphatic carbocycles. The molecule has 0 radical (unpaired) electrons. The summed E-state index contributed by atoms with van der Waals surface area (Å²) in [5.74, 6) is 3.12. The zero-order valence-electron chi connectivity index (χ0n) is 18.5. The van der Waals surface area contributed by atoms with Gasteiger partial charge in [0.25, 0.3) is 0 Å². The summed E-state index contributed by atoms with van der Waals surface area (Å²) < 4.78 is 5.52. The van der Waals surface area contributed by atoms with Gasteiger partial charge in [0.15, 0.2) is 0 Å². The number of nitrogens with zero attached hydrogens (tertiary/aromatic N) is 3. The number of pyridine rings is 1. The number of hydrogen-bond donors (Lipinski definition) is 3. The molecule has 0 saturated heterocycles. The molecule has 0 aliphatic heterocycles. The molecule has 164 valence electrons. The van der Waals surface area contributed by atoms with Crippen LogP contribution >= 0.6 is 0 Å². The molecular weight excluding hydrogens is 390 g/mol. The minimum absolute atomic E-state index is 0.0477. The van der Waals surface area contributed by atoms with Crippen molar-refractivity contribution in [1.29, 1.82) is 0 Å². The van der Waals surface area contributed by atoms with Crippen LogP contribution in [0.2, 0.25) is 0 Å². The van der Waals surface area contributed by atoms with Crippen molar-refractivity contribution in [3.8, 4) is 17.0 Å². The Morgan fingerprint density at radius 1 is 1.00 bits per heavy atom. The quantitative estimate of drug-likeness (QED) is 0.452. The van der Waals surface area contributed by atoms with E-state index in [-0.39, 0.29) is 12.6 Å². The van der Waals surface area contributed by atoms with Gasteiger partial charge < -0.3 is 20.5 Å². The molecular formula is C24H31N5O2. The van der Waals surface area contributed by atoms with Gasteiger partial charge in [-0.2, -0.15) is 0 Å². The van der Waals surface area contributed by atoms with Crippen molar-refractivity contribution in [2.75, 3.05) is 30.9 Å². The van der Waals surface area contributed by atoms with E-state index in [2.05, 4.69) is 45.5 Å². The average molecular weight is 422 g/mol. The van der Waals surface area contributed by atoms with Crippen LogP contribution in [0, 0.1) is 5.92 Å². The molecule has 3 rings (SSSR count). The Kier molecular flexibility index (Phi) is 7.78. The number of benzene rings is 1. The van der Waals surface area contributed by atoms with Crippen LogP contribution in [0.25, 0.3) is 11.3 Å². The first-order valence-corrected chi connectivity index (χ1v) is 10.5. The fourth-order valence-electron chi connectivity index (χ4n) is 3.33. The maximum atomic E-state index is 9.15. The van der Waals surface area contributed by atoms with E-state index in [1.54, 1.807) is 19.6 Å². The molecule has 0 fully saturated rings. The van der Waals surface area contributed by atoms with Gasteiger partial charge in [0.05, 0.1) is 19.4 Å². The second-order valence-electron chi connectivity index (χ2n) is 7.84. The van der Waals surface area contributed by atoms with Gasteiger partial charge in [-0.05, 0) is 42.5 Å². The second-order valence-corrected chi connectivity index (χ2v) is 7.84. The van der Waals surface area contributed by atoms with Crippen molar-refractivity contribution in [3.05, 3.63) is 60.6 Å². The maximum absolute atomic E-state index is 9.15. The molecule has 1 aromatic carbocycles. The number of aromatic nitrogens is 3. The van der Waals surface area contributed by atoms with Crippen molar-refractivity contribution in [2.24, 2.45) is 5.92 Å². The first kappa shape index (κ1) is 22.5. The molecule has 3 atom stereocenters. The summed E-state index contributed by atoms with van der Waals surface area (Å²) in [6.45, 7) is 7.16. The zero-order valence-corrected chi connectivity index (χ0v) is 18.5. The summed E-state index contributed by atoms with van der Waals surface area (Å²) in [6, 6.07) is 13.9. The number of aliphatic hydroxyl groups excluding tert-OH is 1. The number of para-hydroxylation sites is 1. The lowest BCUT2D eigenvalue weighted by atomic mass is 9.88. The molecule has 0 saturated carbocycles. The third-order valence-corrected chi connectivity index (χ3v) is 5.48. The van der Waals surface area contributed by atoms with Gasteiger partial charge in [0.1, 0.15) is 23.7 Å². The SMILES string of the molecule is COc1ccccc1[C@H](C)C(C)CNc1cc(-c2ccc(N[C@@H](C)CO)nc2)ncn1. The van der Waals surface area contributed by atoms with Crippen LogP contribution in [-0.4, -0.2) is 46.4 Å². The van der Waals surface area contributed by atoms with E-state index in [1.807, 2.05) is 43.3 Å². The highest BCUT2D eigenvalue weighted by atomic mass is 16.5. The number of ether oxygens (including phenoxy) is 1. The van der Waals surface area contributed by atoms with E-state index < -0.39 is 0 Å². The highest BCUT2D eigenvalue weighted by Gasteiger charge is 2.18. The van der Waals surface area contributed by atoms with E-state index in [9.17, 15) is 0 Å². The summed E-state index contributed by atoms with van der Waals surface area (Å²) >= 11 is 0. The molecule has 31 heavy (non-hydrogen) atoms. The average Bonchev–Trinajstić information content (AvgIpc) is 2.82. The third kappa shape index (κ3) is 5.92. The van der Waals surface area contributed by atoms with Gasteiger partial charge in [-0.3, -0.25) is 0 Å². The lowest BCUT2D eigenvalue weighted by Crippen LogP contribution is -2.19. The Labute approximate surface area is 183 Å². The fraction of sp³-hybridized carbons (Fsp3) is 0.375. The van der Waals surface area contributed by atoms with Gasteiger partial charge >= 0.3 is 0 Å². The molecule has 7 nitrogen and oxygen atoms in total. The largest absolute Gasteiger partial charge is 0.496 e. The predicted octanol–water partition coefficient (Wildman–Crippen LogP) is 4.19. The van der Waals surface area contributed by atoms with Crippen molar-refractivity contribution < 1.29 is 9.84 Å². The first-order chi connectivity index (χ1) is 15.0. The molecule has 3 aromatic rings. The maximum Gasteiger partial charge on any atom is 0.129 e.